The standard InChI is InChI=1S/C31H32FN5O4/c1-20(38)36(16-4-15-35(2)3)24-12-8-23(9-13-24)33-29(28-26-14-7-22(32)19-27(26)34-30(28)39)21-5-10-25(11-6-21)37-17-18-41-31(37)40/h5-14,19,28H,4,15-18H2,1-3H3,(H,34,39). The number of cyclic esters (lactones) is 1. The third-order valence-electron chi connectivity index (χ3n) is 7.13. The topological polar surface area (TPSA) is 94.6 Å². The van der Waals surface area contributed by atoms with Crippen LogP contribution in [0.1, 0.15) is 30.4 Å². The molecular formula is C31H32FN5O4. The molecule has 0 bridgehead atoms. The molecule has 3 amide bonds. The highest BCUT2D eigenvalue weighted by molar-refractivity contribution is 6.24. The molecule has 0 aromatic heterocycles. The maximum Gasteiger partial charge on any atom is 0.414 e. The number of amides is 3. The summed E-state index contributed by atoms with van der Waals surface area (Å²) in [6, 6.07) is 18.7. The van der Waals surface area contributed by atoms with Gasteiger partial charge in [0.25, 0.3) is 0 Å². The second kappa shape index (κ2) is 11.9. The molecule has 0 aliphatic carbocycles. The van der Waals surface area contributed by atoms with Gasteiger partial charge in [0.2, 0.25) is 11.8 Å². The Balaban J connectivity index is 1.50. The molecule has 1 N–H and O–H groups in total. The number of benzene rings is 3. The van der Waals surface area contributed by atoms with Crippen molar-refractivity contribution in [3.8, 4) is 0 Å². The Morgan fingerprint density at radius 2 is 1.78 bits per heavy atom. The van der Waals surface area contributed by atoms with E-state index < -0.39 is 17.8 Å². The van der Waals surface area contributed by atoms with Crippen LogP contribution in [-0.4, -0.2) is 68.9 Å². The van der Waals surface area contributed by atoms with Gasteiger partial charge in [-0.3, -0.25) is 19.5 Å². The SMILES string of the molecule is CC(=O)N(CCCN(C)C)c1ccc(N=C(c2ccc(N3CCOC3=O)cc2)C2C(=O)Nc3cc(F)ccc32)cc1. The number of carbonyl (C=O) groups is 3. The number of halogens is 1. The molecule has 2 aliphatic heterocycles. The van der Waals surface area contributed by atoms with E-state index in [1.54, 1.807) is 34.9 Å². The van der Waals surface area contributed by atoms with E-state index in [1.165, 1.54) is 12.1 Å². The summed E-state index contributed by atoms with van der Waals surface area (Å²) in [5.74, 6) is -1.57. The Kier molecular flexibility index (Phi) is 8.11. The fourth-order valence-electron chi connectivity index (χ4n) is 5.10. The van der Waals surface area contributed by atoms with E-state index in [1.807, 2.05) is 50.5 Å². The van der Waals surface area contributed by atoms with Crippen molar-refractivity contribution < 1.29 is 23.5 Å². The maximum atomic E-state index is 13.9. The summed E-state index contributed by atoms with van der Waals surface area (Å²) in [7, 11) is 3.99. The second-order valence-electron chi connectivity index (χ2n) is 10.3. The molecule has 212 valence electrons. The first-order valence-electron chi connectivity index (χ1n) is 13.5. The Hall–Kier alpha value is -4.57. The van der Waals surface area contributed by atoms with E-state index in [0.717, 1.165) is 18.7 Å². The van der Waals surface area contributed by atoms with E-state index >= 15 is 0 Å². The summed E-state index contributed by atoms with van der Waals surface area (Å²) in [4.78, 5) is 47.8. The molecule has 10 heteroatoms. The molecule has 1 atom stereocenters. The number of aliphatic imine (C=N–C) groups is 1. The van der Waals surface area contributed by atoms with Crippen molar-refractivity contribution in [2.24, 2.45) is 4.99 Å². The number of nitrogens with one attached hydrogen (secondary N) is 1. The van der Waals surface area contributed by atoms with Gasteiger partial charge in [0.15, 0.2) is 0 Å². The fraction of sp³-hybridized carbons (Fsp3) is 0.290. The van der Waals surface area contributed by atoms with Gasteiger partial charge in [0.05, 0.1) is 17.9 Å². The quantitative estimate of drug-likeness (QED) is 0.376. The molecule has 1 unspecified atom stereocenters. The summed E-state index contributed by atoms with van der Waals surface area (Å²) in [6.07, 6.45) is 0.428. The van der Waals surface area contributed by atoms with E-state index in [9.17, 15) is 18.8 Å². The number of rotatable bonds is 9. The Bertz CT molecular complexity index is 1490. The number of anilines is 3. The number of fused-ring (bicyclic) bond motifs is 1. The van der Waals surface area contributed by atoms with Gasteiger partial charge in [-0.2, -0.15) is 0 Å². The lowest BCUT2D eigenvalue weighted by Crippen LogP contribution is -2.31. The summed E-state index contributed by atoms with van der Waals surface area (Å²) < 4.78 is 19.0. The Morgan fingerprint density at radius 1 is 1.05 bits per heavy atom. The van der Waals surface area contributed by atoms with Crippen LogP contribution in [0.15, 0.2) is 71.7 Å². The van der Waals surface area contributed by atoms with Gasteiger partial charge < -0.3 is 19.9 Å². The number of hydrogen-bond acceptors (Lipinski definition) is 6. The van der Waals surface area contributed by atoms with Crippen molar-refractivity contribution in [1.29, 1.82) is 0 Å². The number of hydrogen-bond donors (Lipinski definition) is 1. The highest BCUT2D eigenvalue weighted by Gasteiger charge is 2.36. The number of carbonyl (C=O) groups excluding carboxylic acids is 3. The van der Waals surface area contributed by atoms with E-state index in [2.05, 4.69) is 10.2 Å². The van der Waals surface area contributed by atoms with Gasteiger partial charge >= 0.3 is 6.09 Å². The fourth-order valence-corrected chi connectivity index (χ4v) is 5.10. The van der Waals surface area contributed by atoms with Crippen molar-refractivity contribution in [2.45, 2.75) is 19.3 Å². The lowest BCUT2D eigenvalue weighted by molar-refractivity contribution is -0.117. The van der Waals surface area contributed by atoms with Gasteiger partial charge in [-0.1, -0.05) is 18.2 Å². The van der Waals surface area contributed by atoms with Gasteiger partial charge in [0, 0.05) is 30.5 Å². The van der Waals surface area contributed by atoms with Crippen molar-refractivity contribution in [1.82, 2.24) is 4.90 Å². The summed E-state index contributed by atoms with van der Waals surface area (Å²) >= 11 is 0. The van der Waals surface area contributed by atoms with Crippen LogP contribution in [0.4, 0.5) is 31.9 Å². The van der Waals surface area contributed by atoms with E-state index in [-0.39, 0.29) is 11.8 Å². The van der Waals surface area contributed by atoms with Crippen LogP contribution in [-0.2, 0) is 14.3 Å². The Morgan fingerprint density at radius 3 is 2.41 bits per heavy atom. The molecule has 0 radical (unpaired) electrons. The molecule has 2 heterocycles. The first kappa shape index (κ1) is 28.0. The molecule has 41 heavy (non-hydrogen) atoms. The van der Waals surface area contributed by atoms with Crippen molar-refractivity contribution >= 4 is 46.4 Å². The molecular weight excluding hydrogens is 525 g/mol. The predicted octanol–water partition coefficient (Wildman–Crippen LogP) is 4.94. The van der Waals surface area contributed by atoms with Crippen LogP contribution in [0.5, 0.6) is 0 Å². The third kappa shape index (κ3) is 6.12. The molecule has 9 nitrogen and oxygen atoms in total. The summed E-state index contributed by atoms with van der Waals surface area (Å²) in [5.41, 5.74) is 4.23. The van der Waals surface area contributed by atoms with Crippen LogP contribution in [0.3, 0.4) is 0 Å². The van der Waals surface area contributed by atoms with Gasteiger partial charge in [0.1, 0.15) is 18.3 Å². The zero-order chi connectivity index (χ0) is 29.1. The van der Waals surface area contributed by atoms with Crippen molar-refractivity contribution in [3.63, 3.8) is 0 Å². The molecule has 1 saturated heterocycles. The average Bonchev–Trinajstić information content (AvgIpc) is 3.51. The van der Waals surface area contributed by atoms with Crippen LogP contribution in [0.25, 0.3) is 0 Å². The molecule has 0 saturated carbocycles. The van der Waals surface area contributed by atoms with Crippen LogP contribution >= 0.6 is 0 Å². The molecule has 3 aromatic carbocycles. The maximum absolute atomic E-state index is 13.9. The number of ether oxygens (including phenoxy) is 1. The first-order chi connectivity index (χ1) is 19.7. The highest BCUT2D eigenvalue weighted by Crippen LogP contribution is 2.37. The van der Waals surface area contributed by atoms with Crippen LogP contribution < -0.4 is 15.1 Å². The summed E-state index contributed by atoms with van der Waals surface area (Å²) in [5, 5.41) is 2.77. The smallest absolute Gasteiger partial charge is 0.414 e. The highest BCUT2D eigenvalue weighted by atomic mass is 19.1. The lowest BCUT2D eigenvalue weighted by atomic mass is 9.90. The molecule has 0 spiro atoms. The second-order valence-corrected chi connectivity index (χ2v) is 10.3. The van der Waals surface area contributed by atoms with Gasteiger partial charge in [-0.15, -0.1) is 0 Å². The Labute approximate surface area is 238 Å². The van der Waals surface area contributed by atoms with Crippen LogP contribution in [0, 0.1) is 5.82 Å². The molecule has 5 rings (SSSR count). The largest absolute Gasteiger partial charge is 0.447 e. The minimum atomic E-state index is -0.771. The first-order valence-corrected chi connectivity index (χ1v) is 13.5. The normalized spacial score (nSPS) is 16.6. The van der Waals surface area contributed by atoms with Gasteiger partial charge in [-0.05, 0) is 86.7 Å². The molecule has 1 fully saturated rings. The minimum Gasteiger partial charge on any atom is -0.447 e. The lowest BCUT2D eigenvalue weighted by Gasteiger charge is -2.22. The van der Waals surface area contributed by atoms with Crippen molar-refractivity contribution in [2.75, 3.05) is 55.5 Å². The number of nitrogens with zero attached hydrogens (tertiary/aromatic N) is 4. The molecule has 2 aliphatic rings. The van der Waals surface area contributed by atoms with E-state index in [4.69, 9.17) is 9.73 Å². The van der Waals surface area contributed by atoms with Crippen molar-refractivity contribution in [3.05, 3.63) is 83.7 Å². The monoisotopic (exact) mass is 557 g/mol. The summed E-state index contributed by atoms with van der Waals surface area (Å²) in [6.45, 7) is 3.79. The minimum absolute atomic E-state index is 0.0471. The third-order valence-corrected chi connectivity index (χ3v) is 7.13. The zero-order valence-electron chi connectivity index (χ0n) is 23.3. The van der Waals surface area contributed by atoms with E-state index in [0.29, 0.717) is 53.6 Å². The average molecular weight is 558 g/mol. The molecule has 3 aromatic rings. The van der Waals surface area contributed by atoms with Gasteiger partial charge in [-0.25, -0.2) is 9.18 Å². The predicted molar refractivity (Wildman–Crippen MR) is 157 cm³/mol. The van der Waals surface area contributed by atoms with Crippen LogP contribution in [0.2, 0.25) is 0 Å². The zero-order valence-corrected chi connectivity index (χ0v) is 23.3.